The van der Waals surface area contributed by atoms with Crippen molar-refractivity contribution in [1.82, 2.24) is 9.88 Å². The molecule has 1 aromatic heterocycles. The summed E-state index contributed by atoms with van der Waals surface area (Å²) in [6.45, 7) is 7.77. The minimum absolute atomic E-state index is 0.0561. The van der Waals surface area contributed by atoms with Crippen molar-refractivity contribution in [2.24, 2.45) is 0 Å². The molecular formula is C13H19N3OS. The van der Waals surface area contributed by atoms with Gasteiger partial charge in [0.05, 0.1) is 0 Å². The second-order valence-electron chi connectivity index (χ2n) is 5.26. The van der Waals surface area contributed by atoms with Gasteiger partial charge in [0.2, 0.25) is 0 Å². The van der Waals surface area contributed by atoms with E-state index in [1.165, 1.54) is 0 Å². The molecule has 0 spiro atoms. The maximum Gasteiger partial charge on any atom is 0.254 e. The smallest absolute Gasteiger partial charge is 0.254 e. The summed E-state index contributed by atoms with van der Waals surface area (Å²) in [6.07, 6.45) is 0. The Morgan fingerprint density at radius 1 is 1.50 bits per heavy atom. The summed E-state index contributed by atoms with van der Waals surface area (Å²) < 4.78 is 0.127. The zero-order valence-corrected chi connectivity index (χ0v) is 11.9. The number of nitrogens with two attached hydrogens (primary N) is 1. The van der Waals surface area contributed by atoms with Crippen LogP contribution in [0.25, 0.3) is 0 Å². The number of amides is 1. The fourth-order valence-corrected chi connectivity index (χ4v) is 3.30. The quantitative estimate of drug-likeness (QED) is 0.843. The molecule has 5 heteroatoms. The fraction of sp³-hybridized carbons (Fsp3) is 0.538. The molecule has 2 N–H and O–H groups in total. The average molecular weight is 265 g/mol. The minimum Gasteiger partial charge on any atom is -0.384 e. The highest BCUT2D eigenvalue weighted by molar-refractivity contribution is 8.00. The Morgan fingerprint density at radius 2 is 2.22 bits per heavy atom. The number of hydrogen-bond acceptors (Lipinski definition) is 4. The standard InChI is InChI=1S/C13H19N3OS/c1-9-6-10(7-11(14)15-9)12(17)16-4-5-18-13(2,3)8-16/h6-7H,4-5,8H2,1-3H3,(H2,14,15). The molecule has 0 saturated carbocycles. The van der Waals surface area contributed by atoms with E-state index >= 15 is 0 Å². The largest absolute Gasteiger partial charge is 0.384 e. The molecule has 18 heavy (non-hydrogen) atoms. The summed E-state index contributed by atoms with van der Waals surface area (Å²) in [7, 11) is 0. The molecule has 0 aromatic carbocycles. The van der Waals surface area contributed by atoms with Crippen LogP contribution in [-0.4, -0.2) is 39.4 Å². The van der Waals surface area contributed by atoms with Crippen molar-refractivity contribution in [3.8, 4) is 0 Å². The van der Waals surface area contributed by atoms with Crippen LogP contribution in [0.15, 0.2) is 12.1 Å². The highest BCUT2D eigenvalue weighted by Crippen LogP contribution is 2.30. The first-order valence-electron chi connectivity index (χ1n) is 6.05. The Balaban J connectivity index is 2.20. The molecule has 1 fully saturated rings. The zero-order valence-electron chi connectivity index (χ0n) is 11.1. The molecule has 1 amide bonds. The van der Waals surface area contributed by atoms with Crippen molar-refractivity contribution in [3.63, 3.8) is 0 Å². The number of pyridine rings is 1. The molecule has 1 aliphatic heterocycles. The normalized spacial score (nSPS) is 18.7. The van der Waals surface area contributed by atoms with E-state index in [4.69, 9.17) is 5.73 Å². The fourth-order valence-electron chi connectivity index (χ4n) is 2.19. The van der Waals surface area contributed by atoms with E-state index in [1.807, 2.05) is 23.6 Å². The van der Waals surface area contributed by atoms with Gasteiger partial charge in [0.25, 0.3) is 5.91 Å². The second kappa shape index (κ2) is 4.80. The van der Waals surface area contributed by atoms with Crippen molar-refractivity contribution in [2.75, 3.05) is 24.6 Å². The topological polar surface area (TPSA) is 59.2 Å². The lowest BCUT2D eigenvalue weighted by atomic mass is 10.1. The predicted molar refractivity (Wildman–Crippen MR) is 75.8 cm³/mol. The number of aromatic nitrogens is 1. The molecule has 4 nitrogen and oxygen atoms in total. The second-order valence-corrected chi connectivity index (χ2v) is 7.06. The molecule has 0 aliphatic carbocycles. The Labute approximate surface area is 112 Å². The third-order valence-corrected chi connectivity index (χ3v) is 4.23. The molecular weight excluding hydrogens is 246 g/mol. The number of rotatable bonds is 1. The summed E-state index contributed by atoms with van der Waals surface area (Å²) >= 11 is 1.91. The Bertz CT molecular complexity index is 453. The molecule has 1 aliphatic rings. The van der Waals surface area contributed by atoms with Gasteiger partial charge in [-0.05, 0) is 32.9 Å². The van der Waals surface area contributed by atoms with Gasteiger partial charge in [-0.1, -0.05) is 0 Å². The summed E-state index contributed by atoms with van der Waals surface area (Å²) in [5.74, 6) is 1.45. The lowest BCUT2D eigenvalue weighted by Crippen LogP contribution is -2.46. The third kappa shape index (κ3) is 2.96. The van der Waals surface area contributed by atoms with Crippen molar-refractivity contribution >= 4 is 23.5 Å². The maximum absolute atomic E-state index is 12.4. The van der Waals surface area contributed by atoms with E-state index in [1.54, 1.807) is 12.1 Å². The van der Waals surface area contributed by atoms with E-state index in [0.29, 0.717) is 11.4 Å². The van der Waals surface area contributed by atoms with Crippen LogP contribution < -0.4 is 5.73 Å². The monoisotopic (exact) mass is 265 g/mol. The first-order valence-corrected chi connectivity index (χ1v) is 7.03. The summed E-state index contributed by atoms with van der Waals surface area (Å²) in [5, 5.41) is 0. The van der Waals surface area contributed by atoms with Crippen LogP contribution in [0, 0.1) is 6.92 Å². The summed E-state index contributed by atoms with van der Waals surface area (Å²) in [6, 6.07) is 3.46. The van der Waals surface area contributed by atoms with Gasteiger partial charge in [0.15, 0.2) is 0 Å². The van der Waals surface area contributed by atoms with Crippen molar-refractivity contribution in [3.05, 3.63) is 23.4 Å². The van der Waals surface area contributed by atoms with E-state index in [0.717, 1.165) is 24.5 Å². The zero-order chi connectivity index (χ0) is 13.3. The Hall–Kier alpha value is -1.23. The number of thioether (sulfide) groups is 1. The van der Waals surface area contributed by atoms with Crippen molar-refractivity contribution < 1.29 is 4.79 Å². The van der Waals surface area contributed by atoms with Crippen LogP contribution in [0.2, 0.25) is 0 Å². The number of hydrogen-bond donors (Lipinski definition) is 1. The van der Waals surface area contributed by atoms with Gasteiger partial charge in [-0.15, -0.1) is 0 Å². The molecule has 1 aromatic rings. The van der Waals surface area contributed by atoms with Crippen LogP contribution in [0.4, 0.5) is 5.82 Å². The average Bonchev–Trinajstić information content (AvgIpc) is 2.25. The van der Waals surface area contributed by atoms with Crippen LogP contribution in [0.5, 0.6) is 0 Å². The number of nitrogen functional groups attached to an aromatic ring is 1. The molecule has 2 heterocycles. The number of carbonyl (C=O) groups excluding carboxylic acids is 1. The molecule has 0 unspecified atom stereocenters. The summed E-state index contributed by atoms with van der Waals surface area (Å²) in [5.41, 5.74) is 7.12. The van der Waals surface area contributed by atoms with Crippen LogP contribution in [0.3, 0.4) is 0 Å². The van der Waals surface area contributed by atoms with Crippen LogP contribution in [-0.2, 0) is 0 Å². The Kier molecular flexibility index (Phi) is 3.52. The third-order valence-electron chi connectivity index (χ3n) is 2.93. The SMILES string of the molecule is Cc1cc(C(=O)N2CCSC(C)(C)C2)cc(N)n1. The predicted octanol–water partition coefficient (Wildman–Crippen LogP) is 1.94. The Morgan fingerprint density at radius 3 is 2.83 bits per heavy atom. The highest BCUT2D eigenvalue weighted by Gasteiger charge is 2.30. The van der Waals surface area contributed by atoms with Crippen molar-refractivity contribution in [1.29, 1.82) is 0 Å². The van der Waals surface area contributed by atoms with Gasteiger partial charge < -0.3 is 10.6 Å². The van der Waals surface area contributed by atoms with Gasteiger partial charge in [-0.3, -0.25) is 4.79 Å². The van der Waals surface area contributed by atoms with E-state index < -0.39 is 0 Å². The molecule has 0 radical (unpaired) electrons. The maximum atomic E-state index is 12.4. The number of carbonyl (C=O) groups is 1. The molecule has 1 saturated heterocycles. The molecule has 98 valence electrons. The van der Waals surface area contributed by atoms with E-state index in [-0.39, 0.29) is 10.7 Å². The van der Waals surface area contributed by atoms with Gasteiger partial charge in [0, 0.05) is 34.8 Å². The first kappa shape index (κ1) is 13.2. The lowest BCUT2D eigenvalue weighted by Gasteiger charge is -2.37. The van der Waals surface area contributed by atoms with Crippen LogP contribution >= 0.6 is 11.8 Å². The first-order chi connectivity index (χ1) is 8.37. The van der Waals surface area contributed by atoms with Gasteiger partial charge in [-0.25, -0.2) is 4.98 Å². The molecule has 2 rings (SSSR count). The lowest BCUT2D eigenvalue weighted by molar-refractivity contribution is 0.0748. The number of nitrogens with zero attached hydrogens (tertiary/aromatic N) is 2. The number of anilines is 1. The van der Waals surface area contributed by atoms with Crippen LogP contribution in [0.1, 0.15) is 29.9 Å². The van der Waals surface area contributed by atoms with E-state index in [2.05, 4.69) is 18.8 Å². The van der Waals surface area contributed by atoms with Gasteiger partial charge in [-0.2, -0.15) is 11.8 Å². The highest BCUT2D eigenvalue weighted by atomic mass is 32.2. The minimum atomic E-state index is 0.0561. The van der Waals surface area contributed by atoms with Gasteiger partial charge in [0.1, 0.15) is 5.82 Å². The molecule has 0 bridgehead atoms. The van der Waals surface area contributed by atoms with Gasteiger partial charge >= 0.3 is 0 Å². The summed E-state index contributed by atoms with van der Waals surface area (Å²) in [4.78, 5) is 18.4. The van der Waals surface area contributed by atoms with Crippen molar-refractivity contribution in [2.45, 2.75) is 25.5 Å². The number of aryl methyl sites for hydroxylation is 1. The van der Waals surface area contributed by atoms with E-state index in [9.17, 15) is 4.79 Å². The molecule has 0 atom stereocenters.